The molecule has 57 heavy (non-hydrogen) atoms. The van der Waals surface area contributed by atoms with E-state index >= 15 is 0 Å². The second kappa shape index (κ2) is 12.6. The molecule has 3 spiro atoms. The van der Waals surface area contributed by atoms with Crippen LogP contribution in [0.1, 0.15) is 105 Å². The summed E-state index contributed by atoms with van der Waals surface area (Å²) in [5.41, 5.74) is -2.24. The van der Waals surface area contributed by atoms with E-state index in [1.54, 1.807) is 7.11 Å². The van der Waals surface area contributed by atoms with Crippen LogP contribution in [0, 0.1) is 72.9 Å². The first-order valence-electron chi connectivity index (χ1n) is 21.7. The molecule has 6 fully saturated rings. The molecule has 0 amide bonds. The molecule has 0 aromatic carbocycles. The number of fused-ring (bicyclic) bond motifs is 1. The van der Waals surface area contributed by atoms with Crippen molar-refractivity contribution in [3.63, 3.8) is 0 Å². The van der Waals surface area contributed by atoms with Gasteiger partial charge >= 0.3 is 11.9 Å². The van der Waals surface area contributed by atoms with Gasteiger partial charge in [0.05, 0.1) is 18.1 Å². The minimum Gasteiger partial charge on any atom is -0.481 e. The summed E-state index contributed by atoms with van der Waals surface area (Å²) in [6.45, 7) is 12.2. The topological polar surface area (TPSA) is 180 Å². The molecule has 1 heterocycles. The van der Waals surface area contributed by atoms with Gasteiger partial charge in [0.25, 0.3) is 0 Å². The number of allylic oxidation sites excluding steroid dienone is 6. The van der Waals surface area contributed by atoms with Gasteiger partial charge in [0.1, 0.15) is 24.6 Å². The third-order valence-electron chi connectivity index (χ3n) is 19.6. The SMILES string of the molecule is COC[C@H]1C[C@]2(C)CC=C[C@]3(C2)C2=C[C@@H]4CC[C@H]5C[C@H](O[C@@H]6O[C@H](C(=O)O)[C@@H](O)[C@H](O)[C@H]6O)C(C)(C)[C@@H]6CC[C@]7(C)[C@@]4(C=C[C@H](CC=O)[C@@]27CC[C@@]13C(=O)O)[C@@]56C. The average Bonchev–Trinajstić information content (AvgIpc) is 3.13. The number of hydrogen-bond acceptors (Lipinski definition) is 9. The van der Waals surface area contributed by atoms with Crippen LogP contribution >= 0.6 is 0 Å². The van der Waals surface area contributed by atoms with Gasteiger partial charge in [-0.05, 0) is 110 Å². The number of aliphatic hydroxyl groups excluding tert-OH is 3. The molecule has 18 atom stereocenters. The highest BCUT2D eigenvalue weighted by Gasteiger charge is 2.83. The molecule has 9 aliphatic rings. The van der Waals surface area contributed by atoms with Gasteiger partial charge in [-0.15, -0.1) is 0 Å². The number of carboxylic acid groups (broad SMARTS) is 2. The number of aliphatic carboxylic acids is 2. The van der Waals surface area contributed by atoms with Crippen LogP contribution in [-0.2, 0) is 28.6 Å². The standard InChI is InChI=1S/C46H64O11/c1-39(2)29-11-15-41(4)44-17-18-45(38(53)54)28(23-55-6)22-40(3)13-7-14-43(45,24-40)30(44)20-27-9-8-26(42(29,5)46(27,41)16-10-25(44)12-19-47)21-31(39)56-37-34(50)32(48)33(49)35(57-37)36(51)52/h7,10,14,16,19-20,25-29,31-35,37,48-50H,8-9,11-13,15,17-18,21-24H2,1-6H3,(H,51,52)(H,53,54)/t25-,26+,27+,28-,29+,31+,32+,33+,34-,35+,37-,40+,41+,42+,43+,44+,45+,46+/m1/s1. The number of rotatable bonds is 8. The Morgan fingerprint density at radius 3 is 2.40 bits per heavy atom. The maximum absolute atomic E-state index is 14.2. The van der Waals surface area contributed by atoms with Crippen molar-refractivity contribution in [3.05, 3.63) is 36.0 Å². The highest BCUT2D eigenvalue weighted by atomic mass is 16.7. The van der Waals surface area contributed by atoms with Crippen molar-refractivity contribution in [2.45, 2.75) is 142 Å². The Bertz CT molecular complexity index is 1820. The first-order chi connectivity index (χ1) is 26.8. The van der Waals surface area contributed by atoms with Gasteiger partial charge in [-0.2, -0.15) is 0 Å². The number of ether oxygens (including phenoxy) is 3. The molecule has 8 aliphatic carbocycles. The Balaban J connectivity index is 1.20. The van der Waals surface area contributed by atoms with E-state index in [9.17, 15) is 39.9 Å². The lowest BCUT2D eigenvalue weighted by atomic mass is 9.20. The molecule has 5 N–H and O–H groups in total. The largest absolute Gasteiger partial charge is 0.481 e. The summed E-state index contributed by atoms with van der Waals surface area (Å²) in [4.78, 5) is 38.9. The van der Waals surface area contributed by atoms with Crippen molar-refractivity contribution < 1.29 is 54.1 Å². The Hall–Kier alpha value is -2.41. The normalized spacial score (nSPS) is 55.0. The minimum atomic E-state index is -1.79. The molecule has 11 heteroatoms. The zero-order chi connectivity index (χ0) is 40.9. The smallest absolute Gasteiger partial charge is 0.335 e. The van der Waals surface area contributed by atoms with Crippen LogP contribution in [0.2, 0.25) is 0 Å². The van der Waals surface area contributed by atoms with E-state index in [-0.39, 0.29) is 51.2 Å². The van der Waals surface area contributed by atoms with Crippen LogP contribution in [0.5, 0.6) is 0 Å². The van der Waals surface area contributed by atoms with Crippen LogP contribution in [0.25, 0.3) is 0 Å². The van der Waals surface area contributed by atoms with Crippen molar-refractivity contribution in [2.24, 2.45) is 72.9 Å². The van der Waals surface area contributed by atoms with Crippen LogP contribution in [-0.4, -0.2) is 94.3 Å². The highest BCUT2D eigenvalue weighted by Crippen LogP contribution is 2.88. The summed E-state index contributed by atoms with van der Waals surface area (Å²) >= 11 is 0. The zero-order valence-corrected chi connectivity index (χ0v) is 34.5. The van der Waals surface area contributed by atoms with E-state index in [2.05, 4.69) is 65.0 Å². The summed E-state index contributed by atoms with van der Waals surface area (Å²) < 4.78 is 18.2. The quantitative estimate of drug-likeness (QED) is 0.116. The Labute approximate surface area is 336 Å². The van der Waals surface area contributed by atoms with Crippen molar-refractivity contribution in [2.75, 3.05) is 13.7 Å². The second-order valence-corrected chi connectivity index (χ2v) is 21.5. The number of hydrogen-bond donors (Lipinski definition) is 5. The number of aldehydes is 1. The van der Waals surface area contributed by atoms with Crippen LogP contribution in [0.15, 0.2) is 36.0 Å². The summed E-state index contributed by atoms with van der Waals surface area (Å²) in [6.07, 6.45) is 12.8. The summed E-state index contributed by atoms with van der Waals surface area (Å²) in [6, 6.07) is 0. The lowest BCUT2D eigenvalue weighted by Gasteiger charge is -2.83. The van der Waals surface area contributed by atoms with Gasteiger partial charge in [0, 0.05) is 35.7 Å². The predicted octanol–water partition coefficient (Wildman–Crippen LogP) is 5.70. The molecule has 9 rings (SSSR count). The molecular formula is C46H64O11. The summed E-state index contributed by atoms with van der Waals surface area (Å²) in [5.74, 6) is -1.88. The lowest BCUT2D eigenvalue weighted by molar-refractivity contribution is -0.344. The molecular weight excluding hydrogens is 728 g/mol. The van der Waals surface area contributed by atoms with Crippen molar-refractivity contribution >= 4 is 18.2 Å². The van der Waals surface area contributed by atoms with Crippen LogP contribution in [0.3, 0.4) is 0 Å². The number of aliphatic hydroxyl groups is 3. The van der Waals surface area contributed by atoms with Crippen molar-refractivity contribution in [1.82, 2.24) is 0 Å². The first kappa shape index (κ1) is 40.0. The van der Waals surface area contributed by atoms with E-state index in [1.165, 1.54) is 5.57 Å². The predicted molar refractivity (Wildman–Crippen MR) is 207 cm³/mol. The fraction of sp³-hybridized carbons (Fsp3) is 0.804. The Morgan fingerprint density at radius 1 is 0.965 bits per heavy atom. The van der Waals surface area contributed by atoms with Gasteiger partial charge in [-0.25, -0.2) is 4.79 Å². The molecule has 0 unspecified atom stereocenters. The monoisotopic (exact) mass is 792 g/mol. The Morgan fingerprint density at radius 2 is 1.72 bits per heavy atom. The van der Waals surface area contributed by atoms with Gasteiger partial charge in [-0.1, -0.05) is 70.6 Å². The summed E-state index contributed by atoms with van der Waals surface area (Å²) in [7, 11) is 1.69. The fourth-order valence-electron chi connectivity index (χ4n) is 17.6. The first-order valence-corrected chi connectivity index (χ1v) is 21.7. The van der Waals surface area contributed by atoms with E-state index in [0.717, 1.165) is 51.2 Å². The fourth-order valence-corrected chi connectivity index (χ4v) is 17.6. The van der Waals surface area contributed by atoms with Crippen molar-refractivity contribution in [1.29, 1.82) is 0 Å². The number of carbonyl (C=O) groups is 3. The van der Waals surface area contributed by atoms with E-state index in [1.807, 2.05) is 0 Å². The number of carboxylic acids is 2. The average molecular weight is 793 g/mol. The van der Waals surface area contributed by atoms with E-state index in [4.69, 9.17) is 14.2 Å². The molecule has 4 bridgehead atoms. The molecule has 5 saturated carbocycles. The third kappa shape index (κ3) is 4.47. The van der Waals surface area contributed by atoms with Crippen LogP contribution < -0.4 is 0 Å². The second-order valence-electron chi connectivity index (χ2n) is 21.5. The van der Waals surface area contributed by atoms with Crippen molar-refractivity contribution in [3.8, 4) is 0 Å². The minimum absolute atomic E-state index is 0.0644. The molecule has 1 aliphatic heterocycles. The van der Waals surface area contributed by atoms with Gasteiger partial charge in [-0.3, -0.25) is 4.79 Å². The number of methoxy groups -OCH3 is 1. The maximum atomic E-state index is 14.2. The third-order valence-corrected chi connectivity index (χ3v) is 19.6. The highest BCUT2D eigenvalue weighted by molar-refractivity contribution is 5.80. The van der Waals surface area contributed by atoms with Gasteiger partial charge < -0.3 is 44.5 Å². The number of carbonyl (C=O) groups excluding carboxylic acids is 1. The van der Waals surface area contributed by atoms with Gasteiger partial charge in [0.2, 0.25) is 0 Å². The molecule has 11 nitrogen and oxygen atoms in total. The molecule has 314 valence electrons. The summed E-state index contributed by atoms with van der Waals surface area (Å²) in [5, 5.41) is 53.5. The van der Waals surface area contributed by atoms with Gasteiger partial charge in [0.15, 0.2) is 12.4 Å². The Kier molecular flexibility index (Phi) is 8.82. The zero-order valence-electron chi connectivity index (χ0n) is 34.5. The molecule has 0 radical (unpaired) electrons. The molecule has 1 saturated heterocycles. The van der Waals surface area contributed by atoms with E-state index < -0.39 is 70.4 Å². The van der Waals surface area contributed by atoms with E-state index in [0.29, 0.717) is 32.3 Å². The molecule has 0 aromatic rings. The maximum Gasteiger partial charge on any atom is 0.335 e. The van der Waals surface area contributed by atoms with Crippen LogP contribution in [0.4, 0.5) is 0 Å². The lowest BCUT2D eigenvalue weighted by Crippen LogP contribution is -2.78. The molecule has 0 aromatic heterocycles.